The quantitative estimate of drug-likeness (QED) is 0.745. The number of amides is 2. The van der Waals surface area contributed by atoms with E-state index in [1.165, 1.54) is 6.07 Å². The first-order valence-corrected chi connectivity index (χ1v) is 8.77. The van der Waals surface area contributed by atoms with Gasteiger partial charge >= 0.3 is 12.3 Å². The van der Waals surface area contributed by atoms with E-state index in [-0.39, 0.29) is 19.1 Å². The van der Waals surface area contributed by atoms with Crippen molar-refractivity contribution in [3.63, 3.8) is 0 Å². The maximum Gasteiger partial charge on any atom is 0.416 e. The van der Waals surface area contributed by atoms with E-state index in [9.17, 15) is 22.8 Å². The highest BCUT2D eigenvalue weighted by Gasteiger charge is 2.33. The van der Waals surface area contributed by atoms with E-state index in [0.29, 0.717) is 5.56 Å². The maximum atomic E-state index is 12.9. The van der Waals surface area contributed by atoms with Crippen LogP contribution in [-0.2, 0) is 21.1 Å². The third kappa shape index (κ3) is 6.77. The van der Waals surface area contributed by atoms with Crippen molar-refractivity contribution in [1.29, 1.82) is 0 Å². The largest absolute Gasteiger partial charge is 0.450 e. The zero-order valence-corrected chi connectivity index (χ0v) is 16.2. The highest BCUT2D eigenvalue weighted by atomic mass is 19.4. The number of hydrogen-bond acceptors (Lipinski definition) is 3. The lowest BCUT2D eigenvalue weighted by atomic mass is 9.83. The summed E-state index contributed by atoms with van der Waals surface area (Å²) in [6.45, 7) is 8.98. The maximum absolute atomic E-state index is 12.9. The molecule has 0 aliphatic heterocycles. The summed E-state index contributed by atoms with van der Waals surface area (Å²) in [5, 5.41) is 5.22. The van der Waals surface area contributed by atoms with E-state index in [2.05, 4.69) is 10.6 Å². The van der Waals surface area contributed by atoms with Crippen molar-refractivity contribution in [1.82, 2.24) is 10.6 Å². The second-order valence-electron chi connectivity index (χ2n) is 7.27. The average molecular weight is 388 g/mol. The van der Waals surface area contributed by atoms with E-state index in [1.807, 2.05) is 0 Å². The molecular weight excluding hydrogens is 361 g/mol. The molecule has 1 aromatic carbocycles. The van der Waals surface area contributed by atoms with E-state index in [0.717, 1.165) is 12.1 Å². The smallest absolute Gasteiger partial charge is 0.416 e. The van der Waals surface area contributed by atoms with Crippen LogP contribution in [0.2, 0.25) is 0 Å². The Kier molecular flexibility index (Phi) is 7.68. The Hall–Kier alpha value is -2.25. The topological polar surface area (TPSA) is 67.4 Å². The Morgan fingerprint density at radius 1 is 1.15 bits per heavy atom. The highest BCUT2D eigenvalue weighted by molar-refractivity contribution is 5.85. The van der Waals surface area contributed by atoms with Crippen LogP contribution < -0.4 is 10.6 Å². The molecule has 1 rings (SSSR count). The van der Waals surface area contributed by atoms with Gasteiger partial charge in [-0.2, -0.15) is 13.2 Å². The molecule has 0 aliphatic carbocycles. The Labute approximate surface area is 157 Å². The fourth-order valence-corrected chi connectivity index (χ4v) is 2.47. The fourth-order valence-electron chi connectivity index (χ4n) is 2.47. The van der Waals surface area contributed by atoms with Gasteiger partial charge in [0.2, 0.25) is 5.91 Å². The predicted molar refractivity (Wildman–Crippen MR) is 96.3 cm³/mol. The van der Waals surface area contributed by atoms with Crippen molar-refractivity contribution < 1.29 is 27.5 Å². The molecule has 152 valence electrons. The number of alkyl carbamates (subject to hydrolysis) is 1. The summed E-state index contributed by atoms with van der Waals surface area (Å²) in [5.74, 6) is -0.607. The number of hydrogen-bond donors (Lipinski definition) is 2. The molecule has 27 heavy (non-hydrogen) atoms. The lowest BCUT2D eigenvalue weighted by Crippen LogP contribution is -2.51. The van der Waals surface area contributed by atoms with Crippen LogP contribution in [0.5, 0.6) is 0 Å². The first-order valence-electron chi connectivity index (χ1n) is 8.77. The molecule has 0 aliphatic rings. The van der Waals surface area contributed by atoms with Gasteiger partial charge in [0.1, 0.15) is 6.04 Å². The molecule has 5 nitrogen and oxygen atoms in total. The van der Waals surface area contributed by atoms with Gasteiger partial charge in [0.25, 0.3) is 0 Å². The Morgan fingerprint density at radius 3 is 2.26 bits per heavy atom. The molecule has 0 saturated carbocycles. The van der Waals surface area contributed by atoms with Gasteiger partial charge in [0.05, 0.1) is 12.2 Å². The SMILES string of the molecule is CCOC(=O)NC(C(=O)NCC(C)(C)c1cccc(C(F)(F)F)c1)C(C)C. The van der Waals surface area contributed by atoms with Crippen molar-refractivity contribution in [2.75, 3.05) is 13.2 Å². The third-order valence-electron chi connectivity index (χ3n) is 4.17. The molecule has 0 heterocycles. The molecule has 0 fully saturated rings. The number of nitrogens with one attached hydrogen (secondary N) is 2. The molecule has 0 aromatic heterocycles. The molecule has 2 amide bonds. The lowest BCUT2D eigenvalue weighted by molar-refractivity contribution is -0.137. The third-order valence-corrected chi connectivity index (χ3v) is 4.17. The first kappa shape index (κ1) is 22.8. The molecule has 1 atom stereocenters. The van der Waals surface area contributed by atoms with Crippen molar-refractivity contribution in [2.45, 2.75) is 52.3 Å². The minimum Gasteiger partial charge on any atom is -0.450 e. The summed E-state index contributed by atoms with van der Waals surface area (Å²) >= 11 is 0. The van der Waals surface area contributed by atoms with Crippen LogP contribution in [0.1, 0.15) is 45.7 Å². The summed E-state index contributed by atoms with van der Waals surface area (Å²) in [5.41, 5.74) is -1.01. The van der Waals surface area contributed by atoms with Crippen LogP contribution in [0.25, 0.3) is 0 Å². The van der Waals surface area contributed by atoms with Gasteiger partial charge in [-0.15, -0.1) is 0 Å². The Bertz CT molecular complexity index is 658. The number of carbonyl (C=O) groups excluding carboxylic acids is 2. The highest BCUT2D eigenvalue weighted by Crippen LogP contribution is 2.32. The second-order valence-corrected chi connectivity index (χ2v) is 7.27. The summed E-state index contributed by atoms with van der Waals surface area (Å²) < 4.78 is 43.6. The Balaban J connectivity index is 2.84. The van der Waals surface area contributed by atoms with E-state index in [1.54, 1.807) is 40.7 Å². The van der Waals surface area contributed by atoms with Gasteiger partial charge in [0, 0.05) is 12.0 Å². The molecule has 0 saturated heterocycles. The van der Waals surface area contributed by atoms with Crippen LogP contribution in [0.15, 0.2) is 24.3 Å². The summed E-state index contributed by atoms with van der Waals surface area (Å²) in [7, 11) is 0. The zero-order valence-electron chi connectivity index (χ0n) is 16.2. The molecule has 1 unspecified atom stereocenters. The van der Waals surface area contributed by atoms with Gasteiger partial charge in [0.15, 0.2) is 0 Å². The van der Waals surface area contributed by atoms with Crippen LogP contribution in [0.4, 0.5) is 18.0 Å². The second kappa shape index (κ2) is 9.10. The van der Waals surface area contributed by atoms with Crippen LogP contribution in [0.3, 0.4) is 0 Å². The van der Waals surface area contributed by atoms with Gasteiger partial charge in [-0.25, -0.2) is 4.79 Å². The number of benzene rings is 1. The average Bonchev–Trinajstić information content (AvgIpc) is 2.57. The monoisotopic (exact) mass is 388 g/mol. The molecule has 2 N–H and O–H groups in total. The van der Waals surface area contributed by atoms with Crippen molar-refractivity contribution in [2.24, 2.45) is 5.92 Å². The molecule has 0 radical (unpaired) electrons. The van der Waals surface area contributed by atoms with Crippen molar-refractivity contribution in [3.8, 4) is 0 Å². The van der Waals surface area contributed by atoms with Crippen LogP contribution in [-0.4, -0.2) is 31.2 Å². The molecule has 0 bridgehead atoms. The summed E-state index contributed by atoms with van der Waals surface area (Å²) in [6, 6.07) is 4.24. The molecule has 1 aromatic rings. The minimum absolute atomic E-state index is 0.112. The predicted octanol–water partition coefficient (Wildman–Crippen LogP) is 3.87. The van der Waals surface area contributed by atoms with Gasteiger partial charge in [-0.3, -0.25) is 4.79 Å². The Morgan fingerprint density at radius 2 is 1.74 bits per heavy atom. The summed E-state index contributed by atoms with van der Waals surface area (Å²) in [4.78, 5) is 24.1. The summed E-state index contributed by atoms with van der Waals surface area (Å²) in [6.07, 6.45) is -5.12. The zero-order chi connectivity index (χ0) is 20.8. The van der Waals surface area contributed by atoms with Crippen molar-refractivity contribution in [3.05, 3.63) is 35.4 Å². The van der Waals surface area contributed by atoms with Gasteiger partial charge in [-0.05, 0) is 24.5 Å². The van der Waals surface area contributed by atoms with Gasteiger partial charge < -0.3 is 15.4 Å². The molecular formula is C19H27F3N2O3. The van der Waals surface area contributed by atoms with Crippen molar-refractivity contribution >= 4 is 12.0 Å². The number of rotatable bonds is 7. The minimum atomic E-state index is -4.43. The number of halogens is 3. The first-order chi connectivity index (χ1) is 12.4. The normalized spacial score (nSPS) is 13.2. The van der Waals surface area contributed by atoms with Crippen LogP contribution in [0, 0.1) is 5.92 Å². The number of alkyl halides is 3. The fraction of sp³-hybridized carbons (Fsp3) is 0.579. The van der Waals surface area contributed by atoms with E-state index < -0.39 is 35.2 Å². The number of ether oxygens (including phenoxy) is 1. The van der Waals surface area contributed by atoms with E-state index >= 15 is 0 Å². The van der Waals surface area contributed by atoms with E-state index in [4.69, 9.17) is 4.74 Å². The molecule has 0 spiro atoms. The lowest BCUT2D eigenvalue weighted by Gasteiger charge is -2.28. The number of carbonyl (C=O) groups is 2. The molecule has 8 heteroatoms. The van der Waals surface area contributed by atoms with Gasteiger partial charge in [-0.1, -0.05) is 45.9 Å². The van der Waals surface area contributed by atoms with Crippen LogP contribution >= 0.6 is 0 Å². The standard InChI is InChI=1S/C19H27F3N2O3/c1-6-27-17(26)24-15(12(2)3)16(25)23-11-18(4,5)13-8-7-9-14(10-13)19(20,21)22/h7-10,12,15H,6,11H2,1-5H3,(H,23,25)(H,24,26).